The Bertz CT molecular complexity index is 123. The number of rotatable bonds is 2. The summed E-state index contributed by atoms with van der Waals surface area (Å²) >= 11 is 1.66. The summed E-state index contributed by atoms with van der Waals surface area (Å²) in [6.45, 7) is 2.83. The Morgan fingerprint density at radius 2 is 2.36 bits per heavy atom. The minimum Gasteiger partial charge on any atom is -0.806 e. The van der Waals surface area contributed by atoms with Gasteiger partial charge in [-0.05, 0) is 15.3 Å². The second kappa shape index (κ2) is 5.40. The van der Waals surface area contributed by atoms with E-state index in [1.54, 1.807) is 11.8 Å². The van der Waals surface area contributed by atoms with Crippen LogP contribution in [0.5, 0.6) is 0 Å². The molecule has 1 fully saturated rings. The van der Waals surface area contributed by atoms with E-state index < -0.39 is 8.38 Å². The van der Waals surface area contributed by atoms with Gasteiger partial charge in [0.1, 0.15) is 0 Å². The fraction of sp³-hybridized carbons (Fsp3) is 1.00. The van der Waals surface area contributed by atoms with Crippen molar-refractivity contribution in [2.24, 2.45) is 0 Å². The Morgan fingerprint density at radius 1 is 1.73 bits per heavy atom. The zero-order valence-electron chi connectivity index (χ0n) is 7.09. The predicted molar refractivity (Wildman–Crippen MR) is 42.8 cm³/mol. The minimum absolute atomic E-state index is 0. The van der Waals surface area contributed by atoms with Gasteiger partial charge >= 0.3 is 29.6 Å². The fourth-order valence-corrected chi connectivity index (χ4v) is 3.19. The van der Waals surface area contributed by atoms with Crippen molar-refractivity contribution < 1.29 is 39.0 Å². The van der Waals surface area contributed by atoms with Gasteiger partial charge in [0.15, 0.2) is 0 Å². The van der Waals surface area contributed by atoms with Crippen LogP contribution in [0.4, 0.5) is 0 Å². The van der Waals surface area contributed by atoms with Crippen LogP contribution in [0, 0.1) is 0 Å². The van der Waals surface area contributed by atoms with E-state index in [1.165, 1.54) is 7.11 Å². The quantitative estimate of drug-likeness (QED) is 0.392. The number of hydrogen-bond donors (Lipinski definition) is 1. The number of hydrogen-bond acceptors (Lipinski definition) is 4. The largest absolute Gasteiger partial charge is 1.00 e. The topological polar surface area (TPSA) is 44.3 Å². The molecule has 1 aliphatic heterocycles. The van der Waals surface area contributed by atoms with Crippen LogP contribution in [0.2, 0.25) is 0 Å². The van der Waals surface area contributed by atoms with Crippen LogP contribution in [0.15, 0.2) is 0 Å². The van der Waals surface area contributed by atoms with Crippen LogP contribution < -0.4 is 39.8 Å². The molecule has 1 rings (SSSR count). The zero-order valence-corrected chi connectivity index (χ0v) is 10.8. The zero-order chi connectivity index (χ0) is 7.61. The maximum atomic E-state index is 11.2. The van der Waals surface area contributed by atoms with E-state index in [1.807, 2.05) is 6.92 Å². The SMILES string of the molecule is COP([O-])C1(C)NCCS1.[Na+]. The number of thioether (sulfide) groups is 1. The van der Waals surface area contributed by atoms with Crippen molar-refractivity contribution in [2.75, 3.05) is 19.4 Å². The average Bonchev–Trinajstić information content (AvgIpc) is 2.36. The van der Waals surface area contributed by atoms with Crippen LogP contribution in [0.1, 0.15) is 6.92 Å². The van der Waals surface area contributed by atoms with Gasteiger partial charge in [0, 0.05) is 19.4 Å². The van der Waals surface area contributed by atoms with Crippen molar-refractivity contribution in [1.29, 1.82) is 0 Å². The third-order valence-electron chi connectivity index (χ3n) is 1.45. The van der Waals surface area contributed by atoms with Crippen molar-refractivity contribution in [3.05, 3.63) is 0 Å². The molecule has 0 aromatic rings. The molecular weight excluding hydrogens is 192 g/mol. The van der Waals surface area contributed by atoms with Crippen LogP contribution in [0.3, 0.4) is 0 Å². The average molecular weight is 203 g/mol. The Labute approximate surface area is 94.9 Å². The first-order valence-corrected chi connectivity index (χ1v) is 5.26. The molecule has 0 aromatic heterocycles. The monoisotopic (exact) mass is 203 g/mol. The summed E-state index contributed by atoms with van der Waals surface area (Å²) in [5.74, 6) is 1.01. The first-order valence-electron chi connectivity index (χ1n) is 3.09. The Kier molecular flexibility index (Phi) is 6.22. The molecule has 1 heterocycles. The first-order chi connectivity index (χ1) is 4.69. The Hall–Kier alpha value is 1.66. The van der Waals surface area contributed by atoms with Crippen LogP contribution in [0.25, 0.3) is 0 Å². The van der Waals surface area contributed by atoms with Gasteiger partial charge in [0.05, 0.1) is 4.61 Å². The van der Waals surface area contributed by atoms with Gasteiger partial charge in [-0.1, -0.05) is 0 Å². The Morgan fingerprint density at radius 3 is 2.73 bits per heavy atom. The molecule has 6 heteroatoms. The normalized spacial score (nSPS) is 33.0. The summed E-state index contributed by atoms with van der Waals surface area (Å²) in [4.78, 5) is 11.2. The van der Waals surface area contributed by atoms with Crippen molar-refractivity contribution in [1.82, 2.24) is 5.32 Å². The molecule has 2 unspecified atom stereocenters. The van der Waals surface area contributed by atoms with Crippen molar-refractivity contribution in [2.45, 2.75) is 11.5 Å². The fourth-order valence-electron chi connectivity index (χ4n) is 0.875. The summed E-state index contributed by atoms with van der Waals surface area (Å²) in [6, 6.07) is 0. The summed E-state index contributed by atoms with van der Waals surface area (Å²) in [5.41, 5.74) is 0. The Balaban J connectivity index is 0.000001000. The van der Waals surface area contributed by atoms with E-state index in [0.717, 1.165) is 12.3 Å². The molecule has 0 saturated carbocycles. The summed E-state index contributed by atoms with van der Waals surface area (Å²) in [5, 5.41) is 3.14. The summed E-state index contributed by atoms with van der Waals surface area (Å²) in [6.07, 6.45) is 0. The molecule has 60 valence electrons. The van der Waals surface area contributed by atoms with E-state index in [0.29, 0.717) is 0 Å². The summed E-state index contributed by atoms with van der Waals surface area (Å²) in [7, 11) is -0.0830. The molecule has 0 amide bonds. The van der Waals surface area contributed by atoms with Gasteiger partial charge in [-0.15, -0.1) is 11.8 Å². The van der Waals surface area contributed by atoms with Crippen LogP contribution >= 0.6 is 20.1 Å². The molecule has 0 bridgehead atoms. The van der Waals surface area contributed by atoms with Crippen molar-refractivity contribution in [3.63, 3.8) is 0 Å². The molecule has 1 saturated heterocycles. The third kappa shape index (κ3) is 3.12. The maximum absolute atomic E-state index is 11.2. The van der Waals surface area contributed by atoms with Gasteiger partial charge in [-0.3, -0.25) is 5.32 Å². The van der Waals surface area contributed by atoms with Crippen LogP contribution in [-0.4, -0.2) is 24.0 Å². The smallest absolute Gasteiger partial charge is 0.806 e. The standard InChI is InChI=1S/C5H11NO2PS.Na/c1-5(9(7)8-2)6-3-4-10-5;/h6H,3-4H2,1-2H3;/q-1;+1. The van der Waals surface area contributed by atoms with E-state index in [-0.39, 0.29) is 34.2 Å². The van der Waals surface area contributed by atoms with E-state index in [2.05, 4.69) is 5.32 Å². The molecule has 3 nitrogen and oxygen atoms in total. The molecule has 1 aliphatic rings. The molecule has 2 atom stereocenters. The van der Waals surface area contributed by atoms with Crippen molar-refractivity contribution >= 4 is 20.1 Å². The second-order valence-corrected chi connectivity index (χ2v) is 5.79. The molecule has 0 spiro atoms. The molecule has 0 radical (unpaired) electrons. The molecule has 1 N–H and O–H groups in total. The second-order valence-electron chi connectivity index (χ2n) is 2.20. The van der Waals surface area contributed by atoms with Crippen molar-refractivity contribution in [3.8, 4) is 0 Å². The van der Waals surface area contributed by atoms with Crippen LogP contribution in [-0.2, 0) is 4.52 Å². The maximum Gasteiger partial charge on any atom is 1.00 e. The van der Waals surface area contributed by atoms with Gasteiger partial charge < -0.3 is 9.42 Å². The third-order valence-corrected chi connectivity index (χ3v) is 4.59. The molecular formula is C5H11NNaO2PS. The van der Waals surface area contributed by atoms with Gasteiger partial charge in [-0.25, -0.2) is 0 Å². The predicted octanol–water partition coefficient (Wildman–Crippen LogP) is -2.68. The summed E-state index contributed by atoms with van der Waals surface area (Å²) < 4.78 is 4.42. The minimum atomic E-state index is -1.56. The van der Waals surface area contributed by atoms with Gasteiger partial charge in [-0.2, -0.15) is 0 Å². The number of nitrogens with one attached hydrogen (secondary N) is 1. The van der Waals surface area contributed by atoms with Gasteiger partial charge in [0.25, 0.3) is 0 Å². The van der Waals surface area contributed by atoms with Gasteiger partial charge in [0.2, 0.25) is 0 Å². The van der Waals surface area contributed by atoms with E-state index in [4.69, 9.17) is 4.52 Å². The molecule has 11 heavy (non-hydrogen) atoms. The first kappa shape index (κ1) is 12.7. The van der Waals surface area contributed by atoms with E-state index >= 15 is 0 Å². The molecule has 0 aliphatic carbocycles. The van der Waals surface area contributed by atoms with E-state index in [9.17, 15) is 4.89 Å². The molecule has 0 aromatic carbocycles.